The number of aromatic nitrogens is 2. The van der Waals surface area contributed by atoms with E-state index < -0.39 is 11.6 Å². The van der Waals surface area contributed by atoms with Gasteiger partial charge in [-0.15, -0.1) is 0 Å². The number of nitrogens with zero attached hydrogens (tertiary/aromatic N) is 3. The lowest BCUT2D eigenvalue weighted by Crippen LogP contribution is -2.40. The first-order valence-electron chi connectivity index (χ1n) is 7.96. The van der Waals surface area contributed by atoms with Gasteiger partial charge in [0.1, 0.15) is 12.1 Å². The first kappa shape index (κ1) is 16.2. The largest absolute Gasteiger partial charge is 0.337 e. The average Bonchev–Trinajstić information content (AvgIpc) is 3.07. The molecule has 3 amide bonds. The van der Waals surface area contributed by atoms with Crippen molar-refractivity contribution in [1.29, 1.82) is 0 Å². The summed E-state index contributed by atoms with van der Waals surface area (Å²) in [6.45, 7) is 5.66. The molecule has 1 aliphatic heterocycles. The summed E-state index contributed by atoms with van der Waals surface area (Å²) in [6.07, 6.45) is 1.60. The lowest BCUT2D eigenvalue weighted by molar-refractivity contribution is -0.131. The van der Waals surface area contributed by atoms with Crippen LogP contribution in [0, 0.1) is 6.92 Å². The third-order valence-electron chi connectivity index (χ3n) is 4.18. The average molecular weight is 328 g/mol. The van der Waals surface area contributed by atoms with Crippen LogP contribution in [0.3, 0.4) is 0 Å². The van der Waals surface area contributed by atoms with E-state index in [0.29, 0.717) is 12.2 Å². The Morgan fingerprint density at radius 2 is 1.96 bits per heavy atom. The van der Waals surface area contributed by atoms with E-state index in [2.05, 4.69) is 15.5 Å². The molecule has 3 rings (SSSR count). The summed E-state index contributed by atoms with van der Waals surface area (Å²) in [7, 11) is 0. The molecule has 2 heterocycles. The van der Waals surface area contributed by atoms with Crippen LogP contribution in [0.2, 0.25) is 0 Å². The normalized spacial score (nSPS) is 20.5. The van der Waals surface area contributed by atoms with Crippen LogP contribution in [0.15, 0.2) is 28.8 Å². The van der Waals surface area contributed by atoms with Gasteiger partial charge in [0.05, 0.1) is 0 Å². The summed E-state index contributed by atoms with van der Waals surface area (Å²) in [6, 6.07) is 7.07. The molecule has 2 aromatic rings. The minimum Gasteiger partial charge on any atom is -0.337 e. The first-order chi connectivity index (χ1) is 11.4. The van der Waals surface area contributed by atoms with Crippen molar-refractivity contribution in [3.63, 3.8) is 0 Å². The van der Waals surface area contributed by atoms with Crippen molar-refractivity contribution in [3.8, 4) is 0 Å². The van der Waals surface area contributed by atoms with E-state index in [0.717, 1.165) is 22.4 Å². The molecule has 1 atom stereocenters. The fourth-order valence-corrected chi connectivity index (χ4v) is 2.74. The second kappa shape index (κ2) is 6.07. The van der Waals surface area contributed by atoms with E-state index in [1.165, 1.54) is 0 Å². The smallest absolute Gasteiger partial charge is 0.325 e. The zero-order chi connectivity index (χ0) is 17.3. The zero-order valence-corrected chi connectivity index (χ0v) is 14.0. The second-order valence-corrected chi connectivity index (χ2v) is 6.17. The number of amides is 3. The maximum absolute atomic E-state index is 12.8. The molecule has 1 fully saturated rings. The molecule has 0 saturated carbocycles. The van der Waals surface area contributed by atoms with Gasteiger partial charge in [0.25, 0.3) is 5.91 Å². The Morgan fingerprint density at radius 1 is 1.25 bits per heavy atom. The molecule has 0 aliphatic carbocycles. The first-order valence-corrected chi connectivity index (χ1v) is 7.96. The summed E-state index contributed by atoms with van der Waals surface area (Å²) >= 11 is 0. The number of hydrogen-bond donors (Lipinski definition) is 1. The molecule has 0 spiro atoms. The summed E-state index contributed by atoms with van der Waals surface area (Å²) in [4.78, 5) is 30.4. The molecular formula is C17H20N4O3. The molecule has 7 heteroatoms. The van der Waals surface area contributed by atoms with Crippen LogP contribution < -0.4 is 5.32 Å². The number of rotatable bonds is 5. The summed E-state index contributed by atoms with van der Waals surface area (Å²) in [5.41, 5.74) is 0.744. The predicted molar refractivity (Wildman–Crippen MR) is 85.9 cm³/mol. The molecule has 0 radical (unpaired) electrons. The summed E-state index contributed by atoms with van der Waals surface area (Å²) in [5.74, 6) is 0.516. The third kappa shape index (κ3) is 2.77. The van der Waals surface area contributed by atoms with Crippen LogP contribution in [-0.2, 0) is 23.3 Å². The second-order valence-electron chi connectivity index (χ2n) is 6.17. The van der Waals surface area contributed by atoms with Gasteiger partial charge in [-0.05, 0) is 25.8 Å². The Bertz CT molecular complexity index is 768. The maximum Gasteiger partial charge on any atom is 0.325 e. The van der Waals surface area contributed by atoms with Crippen molar-refractivity contribution < 1.29 is 14.1 Å². The molecule has 1 aliphatic rings. The number of hydrogen-bond acceptors (Lipinski definition) is 5. The number of carbonyl (C=O) groups is 2. The van der Waals surface area contributed by atoms with Crippen LogP contribution in [-0.4, -0.2) is 27.0 Å². The lowest BCUT2D eigenvalue weighted by Gasteiger charge is -2.22. The Morgan fingerprint density at radius 3 is 2.62 bits per heavy atom. The van der Waals surface area contributed by atoms with E-state index >= 15 is 0 Å². The number of urea groups is 1. The summed E-state index contributed by atoms with van der Waals surface area (Å²) in [5, 5.41) is 6.61. The fourth-order valence-electron chi connectivity index (χ4n) is 2.74. The van der Waals surface area contributed by atoms with Gasteiger partial charge >= 0.3 is 6.03 Å². The lowest BCUT2D eigenvalue weighted by atomic mass is 9.91. The van der Waals surface area contributed by atoms with Crippen molar-refractivity contribution in [2.45, 2.75) is 45.7 Å². The van der Waals surface area contributed by atoms with Crippen LogP contribution >= 0.6 is 0 Å². The SMILES string of the molecule is CCCc1noc(CN2C(=O)N[C@](C)(c3ccc(C)cc3)C2=O)n1. The molecule has 126 valence electrons. The third-order valence-corrected chi connectivity index (χ3v) is 4.18. The van der Waals surface area contributed by atoms with Gasteiger partial charge in [0.15, 0.2) is 5.82 Å². The molecule has 0 unspecified atom stereocenters. The van der Waals surface area contributed by atoms with Gasteiger partial charge in [-0.1, -0.05) is 41.9 Å². The van der Waals surface area contributed by atoms with Crippen molar-refractivity contribution in [2.75, 3.05) is 0 Å². The standard InChI is InChI=1S/C17H20N4O3/c1-4-5-13-18-14(24-20-13)10-21-15(22)17(3,19-16(21)23)12-8-6-11(2)7-9-12/h6-9H,4-5,10H2,1-3H3,(H,19,23)/t17-/m1/s1. The Hall–Kier alpha value is -2.70. The number of aryl methyl sites for hydroxylation is 2. The minimum absolute atomic E-state index is 0.0250. The number of carbonyl (C=O) groups excluding carboxylic acids is 2. The highest BCUT2D eigenvalue weighted by atomic mass is 16.5. The Balaban J connectivity index is 1.81. The van der Waals surface area contributed by atoms with Crippen LogP contribution in [0.5, 0.6) is 0 Å². The molecule has 7 nitrogen and oxygen atoms in total. The molecule has 1 saturated heterocycles. The maximum atomic E-state index is 12.8. The molecule has 1 N–H and O–H groups in total. The van der Waals surface area contributed by atoms with E-state index in [1.54, 1.807) is 6.92 Å². The van der Waals surface area contributed by atoms with Gasteiger partial charge in [-0.2, -0.15) is 4.98 Å². The van der Waals surface area contributed by atoms with Gasteiger partial charge in [-0.3, -0.25) is 9.69 Å². The van der Waals surface area contributed by atoms with E-state index in [1.807, 2.05) is 38.1 Å². The van der Waals surface area contributed by atoms with Crippen molar-refractivity contribution >= 4 is 11.9 Å². The van der Waals surface area contributed by atoms with Crippen LogP contribution in [0.1, 0.15) is 43.1 Å². The fraction of sp³-hybridized carbons (Fsp3) is 0.412. The summed E-state index contributed by atoms with van der Waals surface area (Å²) < 4.78 is 5.13. The van der Waals surface area contributed by atoms with E-state index in [-0.39, 0.29) is 18.3 Å². The number of nitrogens with one attached hydrogen (secondary N) is 1. The molecule has 0 bridgehead atoms. The van der Waals surface area contributed by atoms with Crippen LogP contribution in [0.25, 0.3) is 0 Å². The topological polar surface area (TPSA) is 88.3 Å². The number of benzene rings is 1. The highest BCUT2D eigenvalue weighted by molar-refractivity contribution is 6.07. The Kier molecular flexibility index (Phi) is 4.09. The van der Waals surface area contributed by atoms with Crippen molar-refractivity contribution in [2.24, 2.45) is 0 Å². The van der Waals surface area contributed by atoms with Gasteiger partial charge in [0.2, 0.25) is 5.89 Å². The van der Waals surface area contributed by atoms with Crippen LogP contribution in [0.4, 0.5) is 4.79 Å². The number of imide groups is 1. The molecule has 1 aromatic heterocycles. The molecule has 24 heavy (non-hydrogen) atoms. The zero-order valence-electron chi connectivity index (χ0n) is 14.0. The molecule has 1 aromatic carbocycles. The highest BCUT2D eigenvalue weighted by Gasteiger charge is 2.49. The van der Waals surface area contributed by atoms with Crippen molar-refractivity contribution in [3.05, 3.63) is 47.1 Å². The van der Waals surface area contributed by atoms with Gasteiger partial charge < -0.3 is 9.84 Å². The van der Waals surface area contributed by atoms with Gasteiger partial charge in [-0.25, -0.2) is 4.79 Å². The van der Waals surface area contributed by atoms with E-state index in [9.17, 15) is 9.59 Å². The minimum atomic E-state index is -1.09. The highest BCUT2D eigenvalue weighted by Crippen LogP contribution is 2.29. The Labute approximate surface area is 140 Å². The van der Waals surface area contributed by atoms with E-state index in [4.69, 9.17) is 4.52 Å². The predicted octanol–water partition coefficient (Wildman–Crippen LogP) is 2.30. The van der Waals surface area contributed by atoms with Crippen molar-refractivity contribution in [1.82, 2.24) is 20.4 Å². The monoisotopic (exact) mass is 328 g/mol. The van der Waals surface area contributed by atoms with Gasteiger partial charge in [0, 0.05) is 6.42 Å². The quantitative estimate of drug-likeness (QED) is 0.851. The molecular weight excluding hydrogens is 308 g/mol.